The molecule has 9 heteroatoms. The molecule has 0 bridgehead atoms. The summed E-state index contributed by atoms with van der Waals surface area (Å²) in [5, 5.41) is 3.07. The molecule has 1 aliphatic rings. The number of unbranched alkanes of at least 4 members (excludes halogenated alkanes) is 18. The molecule has 1 N–H and O–H groups in total. The molecule has 8 nitrogen and oxygen atoms in total. The van der Waals surface area contributed by atoms with Crippen molar-refractivity contribution in [3.63, 3.8) is 0 Å². The molecule has 0 aromatic carbocycles. The summed E-state index contributed by atoms with van der Waals surface area (Å²) >= 11 is 1.57. The molecule has 0 spiro atoms. The lowest BCUT2D eigenvalue weighted by molar-refractivity contribution is -0.155. The van der Waals surface area contributed by atoms with Crippen LogP contribution in [0.1, 0.15) is 214 Å². The third-order valence-corrected chi connectivity index (χ3v) is 12.7. The minimum Gasteiger partial charge on any atom is -0.465 e. The minimum atomic E-state index is -0.535. The van der Waals surface area contributed by atoms with Crippen LogP contribution in [0.15, 0.2) is 0 Å². The van der Waals surface area contributed by atoms with E-state index in [0.29, 0.717) is 37.0 Å². The molecule has 1 amide bonds. The quantitative estimate of drug-likeness (QED) is 0.0481. The Morgan fingerprint density at radius 1 is 0.649 bits per heavy atom. The summed E-state index contributed by atoms with van der Waals surface area (Å²) < 4.78 is 17.6. The summed E-state index contributed by atoms with van der Waals surface area (Å²) in [5.41, 5.74) is 0. The Balaban J connectivity index is 2.74. The van der Waals surface area contributed by atoms with E-state index in [2.05, 4.69) is 37.9 Å². The lowest BCUT2D eigenvalue weighted by Gasteiger charge is -2.26. The Labute approximate surface area is 356 Å². The van der Waals surface area contributed by atoms with Crippen molar-refractivity contribution in [1.82, 2.24) is 10.2 Å². The average molecular weight is 825 g/mol. The predicted molar refractivity (Wildman–Crippen MR) is 242 cm³/mol. The Hall–Kier alpha value is -1.32. The van der Waals surface area contributed by atoms with E-state index in [0.717, 1.165) is 77.8 Å². The van der Waals surface area contributed by atoms with E-state index >= 15 is 0 Å². The van der Waals surface area contributed by atoms with Crippen molar-refractivity contribution < 1.29 is 28.6 Å². The number of rotatable bonds is 41. The number of morpholine rings is 1. The van der Waals surface area contributed by atoms with E-state index in [4.69, 9.17) is 14.2 Å². The van der Waals surface area contributed by atoms with Gasteiger partial charge in [0.05, 0.1) is 32.2 Å². The summed E-state index contributed by atoms with van der Waals surface area (Å²) in [4.78, 5) is 42.3. The van der Waals surface area contributed by atoms with Gasteiger partial charge in [-0.05, 0) is 57.4 Å². The second kappa shape index (κ2) is 40.1. The summed E-state index contributed by atoms with van der Waals surface area (Å²) in [7, 11) is 0. The number of carbonyl (C=O) groups excluding carboxylic acids is 3. The molecule has 1 aliphatic heterocycles. The van der Waals surface area contributed by atoms with E-state index in [1.165, 1.54) is 128 Å². The van der Waals surface area contributed by atoms with Gasteiger partial charge in [-0.3, -0.25) is 19.3 Å². The normalized spacial score (nSPS) is 14.5. The molecule has 2 atom stereocenters. The van der Waals surface area contributed by atoms with Gasteiger partial charge in [-0.2, -0.15) is 11.8 Å². The molecule has 1 fully saturated rings. The van der Waals surface area contributed by atoms with Gasteiger partial charge >= 0.3 is 11.9 Å². The molecule has 336 valence electrons. The number of ether oxygens (including phenoxy) is 3. The number of nitrogens with one attached hydrogen (secondary N) is 1. The zero-order valence-corrected chi connectivity index (χ0v) is 38.7. The van der Waals surface area contributed by atoms with Crippen molar-refractivity contribution in [2.24, 2.45) is 11.8 Å². The van der Waals surface area contributed by atoms with Crippen molar-refractivity contribution in [3.8, 4) is 0 Å². The summed E-state index contributed by atoms with van der Waals surface area (Å²) in [6.45, 7) is 14.4. The standard InChI is InChI=1S/C48H92N2O6S/c1-5-9-13-17-20-24-29-43(28-23-16-12-8-4)41-55-47(52)32-39-57-42-44(40-46(51)49-33-27-34-50-35-37-54-38-36-50)48(53)56-45(30-25-21-18-14-10-6-2)31-26-22-19-15-11-7-3/h43-45H,5-42H2,1-4H3,(H,49,51). The maximum absolute atomic E-state index is 13.8. The van der Waals surface area contributed by atoms with E-state index in [1.807, 2.05) is 0 Å². The highest BCUT2D eigenvalue weighted by atomic mass is 32.2. The number of amides is 1. The van der Waals surface area contributed by atoms with Crippen LogP contribution in [0.25, 0.3) is 0 Å². The molecular weight excluding hydrogens is 733 g/mol. The predicted octanol–water partition coefficient (Wildman–Crippen LogP) is 12.2. The fourth-order valence-corrected chi connectivity index (χ4v) is 8.75. The van der Waals surface area contributed by atoms with Gasteiger partial charge in [0.1, 0.15) is 6.10 Å². The van der Waals surface area contributed by atoms with E-state index < -0.39 is 5.92 Å². The Morgan fingerprint density at radius 3 is 1.68 bits per heavy atom. The minimum absolute atomic E-state index is 0.0971. The first-order valence-corrected chi connectivity index (χ1v) is 25.6. The molecule has 1 saturated heterocycles. The summed E-state index contributed by atoms with van der Waals surface area (Å²) in [6, 6.07) is 0. The monoisotopic (exact) mass is 825 g/mol. The number of nitrogens with zero attached hydrogens (tertiary/aromatic N) is 1. The van der Waals surface area contributed by atoms with Gasteiger partial charge in [0.2, 0.25) is 5.91 Å². The van der Waals surface area contributed by atoms with Gasteiger partial charge in [-0.1, -0.05) is 156 Å². The number of hydrogen-bond acceptors (Lipinski definition) is 8. The first kappa shape index (κ1) is 53.7. The maximum Gasteiger partial charge on any atom is 0.310 e. The Kier molecular flexibility index (Phi) is 37.8. The van der Waals surface area contributed by atoms with Crippen LogP contribution in [-0.2, 0) is 28.6 Å². The van der Waals surface area contributed by atoms with Crippen LogP contribution in [-0.4, -0.2) is 86.4 Å². The van der Waals surface area contributed by atoms with Gasteiger partial charge < -0.3 is 19.5 Å². The smallest absolute Gasteiger partial charge is 0.310 e. The number of carbonyl (C=O) groups is 3. The highest BCUT2D eigenvalue weighted by Gasteiger charge is 2.26. The molecule has 1 rings (SSSR count). The second-order valence-electron chi connectivity index (χ2n) is 17.0. The van der Waals surface area contributed by atoms with Gasteiger partial charge in [0, 0.05) is 37.6 Å². The molecule has 0 aromatic heterocycles. The van der Waals surface area contributed by atoms with E-state index in [9.17, 15) is 14.4 Å². The number of esters is 2. The van der Waals surface area contributed by atoms with Crippen molar-refractivity contribution in [2.45, 2.75) is 220 Å². The highest BCUT2D eigenvalue weighted by molar-refractivity contribution is 7.99. The van der Waals surface area contributed by atoms with Crippen LogP contribution in [0, 0.1) is 11.8 Å². The van der Waals surface area contributed by atoms with Crippen LogP contribution in [0.2, 0.25) is 0 Å². The molecule has 0 radical (unpaired) electrons. The van der Waals surface area contributed by atoms with Crippen molar-refractivity contribution in [2.75, 3.05) is 57.5 Å². The number of thioether (sulfide) groups is 1. The summed E-state index contributed by atoms with van der Waals surface area (Å²) in [5.74, 6) is 0.435. The van der Waals surface area contributed by atoms with Crippen LogP contribution >= 0.6 is 11.8 Å². The molecule has 0 aromatic rings. The van der Waals surface area contributed by atoms with Gasteiger partial charge in [0.15, 0.2) is 0 Å². The fraction of sp³-hybridized carbons (Fsp3) is 0.938. The van der Waals surface area contributed by atoms with Crippen LogP contribution in [0.5, 0.6) is 0 Å². The van der Waals surface area contributed by atoms with Crippen molar-refractivity contribution in [3.05, 3.63) is 0 Å². The first-order valence-electron chi connectivity index (χ1n) is 24.4. The lowest BCUT2D eigenvalue weighted by atomic mass is 9.95. The molecule has 0 saturated carbocycles. The van der Waals surface area contributed by atoms with Gasteiger partial charge in [-0.15, -0.1) is 0 Å². The maximum atomic E-state index is 13.8. The topological polar surface area (TPSA) is 94.2 Å². The third kappa shape index (κ3) is 33.1. The largest absolute Gasteiger partial charge is 0.465 e. The number of hydrogen-bond donors (Lipinski definition) is 1. The van der Waals surface area contributed by atoms with Crippen molar-refractivity contribution >= 4 is 29.6 Å². The molecule has 0 aliphatic carbocycles. The van der Waals surface area contributed by atoms with E-state index in [1.54, 1.807) is 11.8 Å². The molecule has 2 unspecified atom stereocenters. The molecule has 1 heterocycles. The zero-order valence-electron chi connectivity index (χ0n) is 37.9. The van der Waals surface area contributed by atoms with Crippen LogP contribution in [0.4, 0.5) is 0 Å². The SMILES string of the molecule is CCCCCCCCC(CCCCCC)COC(=O)CCSCC(CC(=O)NCCCN1CCOCC1)C(=O)OC(CCCCCCCC)CCCCCCCC. The first-order chi connectivity index (χ1) is 27.9. The average Bonchev–Trinajstić information content (AvgIpc) is 3.22. The third-order valence-electron chi connectivity index (χ3n) is 11.6. The lowest BCUT2D eigenvalue weighted by Crippen LogP contribution is -2.38. The van der Waals surface area contributed by atoms with E-state index in [-0.39, 0.29) is 30.4 Å². The second-order valence-corrected chi connectivity index (χ2v) is 18.2. The zero-order chi connectivity index (χ0) is 41.4. The fourth-order valence-electron chi connectivity index (χ4n) is 7.74. The van der Waals surface area contributed by atoms with Crippen molar-refractivity contribution in [1.29, 1.82) is 0 Å². The van der Waals surface area contributed by atoms with Gasteiger partial charge in [0.25, 0.3) is 0 Å². The Morgan fingerprint density at radius 2 is 1.14 bits per heavy atom. The highest BCUT2D eigenvalue weighted by Crippen LogP contribution is 2.23. The summed E-state index contributed by atoms with van der Waals surface area (Å²) in [6.07, 6.45) is 32.4. The van der Waals surface area contributed by atoms with Crippen LogP contribution in [0.3, 0.4) is 0 Å². The molecular formula is C48H92N2O6S. The van der Waals surface area contributed by atoms with Gasteiger partial charge in [-0.25, -0.2) is 0 Å². The Bertz CT molecular complexity index is 917. The molecule has 57 heavy (non-hydrogen) atoms. The van der Waals surface area contributed by atoms with Crippen LogP contribution < -0.4 is 5.32 Å².